The Balaban J connectivity index is 1.57. The van der Waals surface area contributed by atoms with Gasteiger partial charge in [-0.25, -0.2) is 4.79 Å². The van der Waals surface area contributed by atoms with Crippen molar-refractivity contribution in [2.45, 2.75) is 19.6 Å². The Morgan fingerprint density at radius 3 is 2.60 bits per heavy atom. The van der Waals surface area contributed by atoms with Crippen LogP contribution in [0.25, 0.3) is 11.5 Å². The van der Waals surface area contributed by atoms with Crippen molar-refractivity contribution in [2.75, 3.05) is 0 Å². The van der Waals surface area contributed by atoms with Crippen LogP contribution < -0.4 is 4.74 Å². The molecule has 0 fully saturated rings. The minimum atomic E-state index is -0.743. The van der Waals surface area contributed by atoms with E-state index in [2.05, 4.69) is 26.1 Å². The highest BCUT2D eigenvalue weighted by atomic mass is 79.9. The molecule has 6 nitrogen and oxygen atoms in total. The van der Waals surface area contributed by atoms with Crippen molar-refractivity contribution >= 4 is 21.9 Å². The molecule has 2 aromatic carbocycles. The first-order chi connectivity index (χ1) is 12.1. The van der Waals surface area contributed by atoms with Crippen molar-refractivity contribution in [3.63, 3.8) is 0 Å². The van der Waals surface area contributed by atoms with Crippen molar-refractivity contribution in [1.29, 1.82) is 0 Å². The summed E-state index contributed by atoms with van der Waals surface area (Å²) >= 11 is 3.43. The number of benzene rings is 2. The molecule has 1 aromatic heterocycles. The van der Waals surface area contributed by atoms with E-state index in [1.54, 1.807) is 19.1 Å². The first kappa shape index (κ1) is 17.2. The zero-order valence-electron chi connectivity index (χ0n) is 13.4. The number of aromatic nitrogens is 2. The Morgan fingerprint density at radius 1 is 1.12 bits per heavy atom. The van der Waals surface area contributed by atoms with Gasteiger partial charge < -0.3 is 13.9 Å². The van der Waals surface area contributed by atoms with Gasteiger partial charge in [0.15, 0.2) is 12.7 Å². The summed E-state index contributed by atoms with van der Waals surface area (Å²) < 4.78 is 17.0. The van der Waals surface area contributed by atoms with Crippen LogP contribution in [0.3, 0.4) is 0 Å². The second-order valence-corrected chi connectivity index (χ2v) is 6.02. The summed E-state index contributed by atoms with van der Waals surface area (Å²) in [5.41, 5.74) is 0.772. The Kier molecular flexibility index (Phi) is 5.45. The smallest absolute Gasteiger partial charge is 0.347 e. The van der Waals surface area contributed by atoms with Crippen LogP contribution in [-0.2, 0) is 16.1 Å². The Hall–Kier alpha value is -2.67. The second kappa shape index (κ2) is 7.94. The lowest BCUT2D eigenvalue weighted by Crippen LogP contribution is -2.26. The van der Waals surface area contributed by atoms with E-state index in [4.69, 9.17) is 13.9 Å². The Labute approximate surface area is 152 Å². The number of esters is 1. The molecule has 1 heterocycles. The molecule has 0 unspecified atom stereocenters. The quantitative estimate of drug-likeness (QED) is 0.579. The molecule has 0 aliphatic rings. The number of rotatable bonds is 6. The standard InChI is InChI=1S/C18H15BrN2O4/c1-12(24-13-7-3-2-4-8-13)18(22)23-11-16-20-21-17(25-16)14-9-5-6-10-15(14)19/h2-10,12H,11H2,1H3/t12-/m1/s1. The maximum absolute atomic E-state index is 12.0. The average molecular weight is 403 g/mol. The van der Waals surface area contributed by atoms with Gasteiger partial charge in [0, 0.05) is 4.47 Å². The maximum Gasteiger partial charge on any atom is 0.347 e. The van der Waals surface area contributed by atoms with Crippen LogP contribution in [-0.4, -0.2) is 22.3 Å². The number of halogens is 1. The van der Waals surface area contributed by atoms with Crippen LogP contribution in [0.2, 0.25) is 0 Å². The van der Waals surface area contributed by atoms with E-state index >= 15 is 0 Å². The molecule has 25 heavy (non-hydrogen) atoms. The predicted octanol–water partition coefficient (Wildman–Crippen LogP) is 4.01. The van der Waals surface area contributed by atoms with Gasteiger partial charge in [0.25, 0.3) is 5.89 Å². The second-order valence-electron chi connectivity index (χ2n) is 5.16. The number of ether oxygens (including phenoxy) is 2. The summed E-state index contributed by atoms with van der Waals surface area (Å²) in [5.74, 6) is 0.656. The molecule has 0 bridgehead atoms. The zero-order chi connectivity index (χ0) is 17.6. The summed E-state index contributed by atoms with van der Waals surface area (Å²) in [4.78, 5) is 12.0. The van der Waals surface area contributed by atoms with Gasteiger partial charge in [0.05, 0.1) is 5.56 Å². The van der Waals surface area contributed by atoms with Gasteiger partial charge in [0.1, 0.15) is 5.75 Å². The summed E-state index contributed by atoms with van der Waals surface area (Å²) in [5, 5.41) is 7.86. The number of carbonyl (C=O) groups excluding carboxylic acids is 1. The molecule has 0 spiro atoms. The lowest BCUT2D eigenvalue weighted by molar-refractivity contribution is -0.153. The van der Waals surface area contributed by atoms with Crippen LogP contribution in [0.15, 0.2) is 63.5 Å². The summed E-state index contributed by atoms with van der Waals surface area (Å²) in [7, 11) is 0. The number of hydrogen-bond acceptors (Lipinski definition) is 6. The summed E-state index contributed by atoms with van der Waals surface area (Å²) in [6.45, 7) is 1.51. The van der Waals surface area contributed by atoms with Gasteiger partial charge in [-0.05, 0) is 47.1 Å². The topological polar surface area (TPSA) is 74.5 Å². The fraction of sp³-hybridized carbons (Fsp3) is 0.167. The lowest BCUT2D eigenvalue weighted by atomic mass is 10.2. The van der Waals surface area contributed by atoms with Crippen LogP contribution in [0.1, 0.15) is 12.8 Å². The Bertz CT molecular complexity index is 851. The monoisotopic (exact) mass is 402 g/mol. The molecule has 0 saturated carbocycles. The van der Waals surface area contributed by atoms with Crippen molar-refractivity contribution in [3.05, 3.63) is 65.0 Å². The first-order valence-electron chi connectivity index (χ1n) is 7.59. The molecule has 0 radical (unpaired) electrons. The number of para-hydroxylation sites is 1. The molecular weight excluding hydrogens is 388 g/mol. The van der Waals surface area contributed by atoms with Gasteiger partial charge in [0.2, 0.25) is 5.89 Å². The molecule has 1 atom stereocenters. The highest BCUT2D eigenvalue weighted by molar-refractivity contribution is 9.10. The molecule has 0 saturated heterocycles. The molecule has 0 N–H and O–H groups in total. The highest BCUT2D eigenvalue weighted by Crippen LogP contribution is 2.26. The van der Waals surface area contributed by atoms with Crippen molar-refractivity contribution in [1.82, 2.24) is 10.2 Å². The van der Waals surface area contributed by atoms with E-state index in [9.17, 15) is 4.79 Å². The number of nitrogens with zero attached hydrogens (tertiary/aromatic N) is 2. The third kappa shape index (κ3) is 4.45. The highest BCUT2D eigenvalue weighted by Gasteiger charge is 2.18. The van der Waals surface area contributed by atoms with Gasteiger partial charge in [-0.15, -0.1) is 10.2 Å². The number of carbonyl (C=O) groups is 1. The normalized spacial score (nSPS) is 11.8. The van der Waals surface area contributed by atoms with Crippen LogP contribution in [0, 0.1) is 0 Å². The minimum Gasteiger partial charge on any atom is -0.479 e. The zero-order valence-corrected chi connectivity index (χ0v) is 15.0. The van der Waals surface area contributed by atoms with E-state index in [1.807, 2.05) is 42.5 Å². The molecule has 0 aliphatic carbocycles. The van der Waals surface area contributed by atoms with Gasteiger partial charge in [-0.2, -0.15) is 0 Å². The fourth-order valence-corrected chi connectivity index (χ4v) is 2.51. The van der Waals surface area contributed by atoms with E-state index in [1.165, 1.54) is 0 Å². The Morgan fingerprint density at radius 2 is 1.84 bits per heavy atom. The fourth-order valence-electron chi connectivity index (χ4n) is 2.06. The van der Waals surface area contributed by atoms with E-state index < -0.39 is 12.1 Å². The van der Waals surface area contributed by atoms with Gasteiger partial charge in [-0.1, -0.05) is 30.3 Å². The van der Waals surface area contributed by atoms with E-state index in [0.29, 0.717) is 11.6 Å². The summed E-state index contributed by atoms with van der Waals surface area (Å²) in [6.07, 6.45) is -0.743. The first-order valence-corrected chi connectivity index (χ1v) is 8.38. The van der Waals surface area contributed by atoms with Crippen molar-refractivity contribution < 1.29 is 18.7 Å². The maximum atomic E-state index is 12.0. The van der Waals surface area contributed by atoms with E-state index in [-0.39, 0.29) is 12.5 Å². The predicted molar refractivity (Wildman–Crippen MR) is 93.8 cm³/mol. The van der Waals surface area contributed by atoms with Crippen LogP contribution in [0.4, 0.5) is 0 Å². The SMILES string of the molecule is C[C@@H](Oc1ccccc1)C(=O)OCc1nnc(-c2ccccc2Br)o1. The van der Waals surface area contributed by atoms with Gasteiger partial charge >= 0.3 is 5.97 Å². The molecule has 3 rings (SSSR count). The van der Waals surface area contributed by atoms with Gasteiger partial charge in [-0.3, -0.25) is 0 Å². The summed E-state index contributed by atoms with van der Waals surface area (Å²) in [6, 6.07) is 16.5. The largest absolute Gasteiger partial charge is 0.479 e. The van der Waals surface area contributed by atoms with Crippen molar-refractivity contribution in [2.24, 2.45) is 0 Å². The molecule has 3 aromatic rings. The van der Waals surface area contributed by atoms with E-state index in [0.717, 1.165) is 10.0 Å². The number of hydrogen-bond donors (Lipinski definition) is 0. The third-order valence-electron chi connectivity index (χ3n) is 3.30. The molecule has 128 valence electrons. The lowest BCUT2D eigenvalue weighted by Gasteiger charge is -2.12. The van der Waals surface area contributed by atoms with Crippen molar-refractivity contribution in [3.8, 4) is 17.2 Å². The third-order valence-corrected chi connectivity index (χ3v) is 3.99. The average Bonchev–Trinajstić information content (AvgIpc) is 3.09. The molecule has 7 heteroatoms. The minimum absolute atomic E-state index is 0.112. The molecule has 0 amide bonds. The molecule has 0 aliphatic heterocycles. The van der Waals surface area contributed by atoms with Crippen LogP contribution in [0.5, 0.6) is 5.75 Å². The van der Waals surface area contributed by atoms with Crippen LogP contribution >= 0.6 is 15.9 Å². The molecular formula is C18H15BrN2O4.